The van der Waals surface area contributed by atoms with Gasteiger partial charge in [0.15, 0.2) is 5.78 Å². The minimum Gasteiger partial charge on any atom is -0.545 e. The first kappa shape index (κ1) is 21.2. The molecule has 0 aliphatic rings. The van der Waals surface area contributed by atoms with E-state index in [4.69, 9.17) is 9.05 Å². The molecule has 0 bridgehead atoms. The SMILES string of the molecule is CC(C)OP(=O)(OC(C)C)[C@@H](Nc1cccc(C(=O)[O-])c1)c1ccccc1. The summed E-state index contributed by atoms with van der Waals surface area (Å²) >= 11 is 0. The number of carboxylic acids is 1. The zero-order valence-corrected chi connectivity index (χ0v) is 16.8. The predicted molar refractivity (Wildman–Crippen MR) is 104 cm³/mol. The number of carboxylic acid groups (broad SMARTS) is 1. The predicted octanol–water partition coefficient (Wildman–Crippen LogP) is 4.20. The first-order chi connectivity index (χ1) is 12.7. The fraction of sp³-hybridized carbons (Fsp3) is 0.350. The second-order valence-corrected chi connectivity index (χ2v) is 8.69. The maximum Gasteiger partial charge on any atom is 0.357 e. The molecular weight excluding hydrogens is 365 g/mol. The van der Waals surface area contributed by atoms with E-state index >= 15 is 0 Å². The Bertz CT molecular complexity index is 793. The summed E-state index contributed by atoms with van der Waals surface area (Å²) in [6.07, 6.45) is -0.644. The molecule has 146 valence electrons. The molecule has 2 aromatic carbocycles. The summed E-state index contributed by atoms with van der Waals surface area (Å²) in [5.41, 5.74) is 1.21. The number of benzene rings is 2. The van der Waals surface area contributed by atoms with E-state index in [0.717, 1.165) is 0 Å². The lowest BCUT2D eigenvalue weighted by molar-refractivity contribution is -0.255. The molecule has 0 heterocycles. The normalized spacial score (nSPS) is 13.0. The lowest BCUT2D eigenvalue weighted by Crippen LogP contribution is -2.22. The van der Waals surface area contributed by atoms with Crippen LogP contribution in [0.4, 0.5) is 5.69 Å². The van der Waals surface area contributed by atoms with Gasteiger partial charge in [0.2, 0.25) is 0 Å². The number of anilines is 1. The molecule has 2 aromatic rings. The fourth-order valence-electron chi connectivity index (χ4n) is 2.61. The number of nitrogens with one attached hydrogen (secondary N) is 1. The first-order valence-electron chi connectivity index (χ1n) is 8.80. The highest BCUT2D eigenvalue weighted by atomic mass is 31.2. The third kappa shape index (κ3) is 5.93. The van der Waals surface area contributed by atoms with Crippen molar-refractivity contribution in [1.82, 2.24) is 0 Å². The Morgan fingerprint density at radius 1 is 0.963 bits per heavy atom. The quantitative estimate of drug-likeness (QED) is 0.646. The molecule has 1 atom stereocenters. The monoisotopic (exact) mass is 390 g/mol. The van der Waals surface area contributed by atoms with Crippen LogP contribution < -0.4 is 10.4 Å². The lowest BCUT2D eigenvalue weighted by atomic mass is 10.2. The van der Waals surface area contributed by atoms with Crippen molar-refractivity contribution in [3.63, 3.8) is 0 Å². The van der Waals surface area contributed by atoms with Gasteiger partial charge in [0.1, 0.15) is 0 Å². The molecule has 0 aliphatic carbocycles. The molecule has 0 saturated heterocycles. The zero-order chi connectivity index (χ0) is 20.0. The van der Waals surface area contributed by atoms with E-state index in [1.165, 1.54) is 12.1 Å². The van der Waals surface area contributed by atoms with Crippen LogP contribution in [-0.2, 0) is 13.6 Å². The molecule has 0 spiro atoms. The van der Waals surface area contributed by atoms with E-state index in [1.54, 1.807) is 39.8 Å². The minimum atomic E-state index is -3.64. The van der Waals surface area contributed by atoms with Crippen LogP contribution in [0, 0.1) is 0 Å². The fourth-order valence-corrected chi connectivity index (χ4v) is 4.92. The van der Waals surface area contributed by atoms with Crippen LogP contribution in [0.25, 0.3) is 0 Å². The second-order valence-electron chi connectivity index (χ2n) is 6.67. The van der Waals surface area contributed by atoms with Crippen molar-refractivity contribution in [2.75, 3.05) is 5.32 Å². The van der Waals surface area contributed by atoms with E-state index in [2.05, 4.69) is 5.32 Å². The first-order valence-corrected chi connectivity index (χ1v) is 10.4. The topological polar surface area (TPSA) is 87.7 Å². The summed E-state index contributed by atoms with van der Waals surface area (Å²) in [5.74, 6) is -2.09. The van der Waals surface area contributed by atoms with Crippen LogP contribution in [0.1, 0.15) is 49.4 Å². The Kier molecular flexibility index (Phi) is 7.19. The summed E-state index contributed by atoms with van der Waals surface area (Å²) < 4.78 is 25.2. The number of carbonyl (C=O) groups excluding carboxylic acids is 1. The lowest BCUT2D eigenvalue weighted by Gasteiger charge is -2.31. The highest BCUT2D eigenvalue weighted by Gasteiger charge is 2.39. The van der Waals surface area contributed by atoms with Crippen LogP contribution in [0.3, 0.4) is 0 Å². The minimum absolute atomic E-state index is 0.0243. The standard InChI is InChI=1S/C20H26NO5P/c1-14(2)25-27(24,26-15(3)4)19(16-9-6-5-7-10-16)21-18-12-8-11-17(13-18)20(22)23/h5-15,19,21H,1-4H3,(H,22,23)/p-1/t19-/m1/s1. The molecule has 0 radical (unpaired) electrons. The van der Waals surface area contributed by atoms with E-state index in [9.17, 15) is 14.5 Å². The highest BCUT2D eigenvalue weighted by Crippen LogP contribution is 2.62. The Hall–Kier alpha value is -2.14. The van der Waals surface area contributed by atoms with Gasteiger partial charge in [-0.25, -0.2) is 0 Å². The van der Waals surface area contributed by atoms with Gasteiger partial charge < -0.3 is 24.3 Å². The zero-order valence-electron chi connectivity index (χ0n) is 15.9. The Labute approximate surface area is 160 Å². The number of rotatable bonds is 9. The van der Waals surface area contributed by atoms with Crippen molar-refractivity contribution in [3.05, 3.63) is 65.7 Å². The van der Waals surface area contributed by atoms with E-state index in [0.29, 0.717) is 11.3 Å². The third-order valence-electron chi connectivity index (χ3n) is 3.55. The summed E-state index contributed by atoms with van der Waals surface area (Å²) in [6, 6.07) is 15.3. The molecule has 6 nitrogen and oxygen atoms in total. The van der Waals surface area contributed by atoms with Crippen LogP contribution in [0.5, 0.6) is 0 Å². The molecule has 2 rings (SSSR count). The Morgan fingerprint density at radius 3 is 2.07 bits per heavy atom. The maximum atomic E-state index is 13.7. The molecule has 0 unspecified atom stereocenters. The summed E-state index contributed by atoms with van der Waals surface area (Å²) in [5, 5.41) is 14.3. The van der Waals surface area contributed by atoms with Crippen molar-refractivity contribution in [2.24, 2.45) is 0 Å². The van der Waals surface area contributed by atoms with Gasteiger partial charge in [-0.3, -0.25) is 4.57 Å². The van der Waals surface area contributed by atoms with Crippen LogP contribution in [0.2, 0.25) is 0 Å². The van der Waals surface area contributed by atoms with E-state index in [-0.39, 0.29) is 17.8 Å². The van der Waals surface area contributed by atoms with Gasteiger partial charge in [0.05, 0.1) is 18.2 Å². The smallest absolute Gasteiger partial charge is 0.357 e. The van der Waals surface area contributed by atoms with Crippen molar-refractivity contribution in [2.45, 2.75) is 45.7 Å². The molecule has 0 aromatic heterocycles. The van der Waals surface area contributed by atoms with E-state index in [1.807, 2.05) is 30.3 Å². The molecule has 0 saturated carbocycles. The summed E-state index contributed by atoms with van der Waals surface area (Å²) in [6.45, 7) is 7.15. The molecule has 0 fully saturated rings. The Morgan fingerprint density at radius 2 is 1.56 bits per heavy atom. The number of aromatic carboxylic acids is 1. The average molecular weight is 390 g/mol. The van der Waals surface area contributed by atoms with Crippen molar-refractivity contribution >= 4 is 19.3 Å². The van der Waals surface area contributed by atoms with Gasteiger partial charge >= 0.3 is 7.60 Å². The summed E-state index contributed by atoms with van der Waals surface area (Å²) in [7, 11) is -3.64. The average Bonchev–Trinajstić information content (AvgIpc) is 2.59. The number of hydrogen-bond acceptors (Lipinski definition) is 6. The summed E-state index contributed by atoms with van der Waals surface area (Å²) in [4.78, 5) is 11.2. The molecule has 27 heavy (non-hydrogen) atoms. The van der Waals surface area contributed by atoms with Gasteiger partial charge in [-0.1, -0.05) is 42.5 Å². The van der Waals surface area contributed by atoms with Crippen molar-refractivity contribution in [1.29, 1.82) is 0 Å². The van der Waals surface area contributed by atoms with Gasteiger partial charge in [-0.2, -0.15) is 0 Å². The van der Waals surface area contributed by atoms with Crippen LogP contribution >= 0.6 is 7.60 Å². The molecular formula is C20H25NO5P-. The Balaban J connectivity index is 2.49. The number of carbonyl (C=O) groups is 1. The van der Waals surface area contributed by atoms with E-state index < -0.39 is 19.3 Å². The largest absolute Gasteiger partial charge is 0.545 e. The second kappa shape index (κ2) is 9.18. The molecule has 7 heteroatoms. The van der Waals surface area contributed by atoms with Crippen molar-refractivity contribution < 1.29 is 23.5 Å². The molecule has 0 amide bonds. The van der Waals surface area contributed by atoms with Crippen LogP contribution in [-0.4, -0.2) is 18.2 Å². The third-order valence-corrected chi connectivity index (χ3v) is 6.04. The van der Waals surface area contributed by atoms with Gasteiger partial charge in [0.25, 0.3) is 0 Å². The number of hydrogen-bond donors (Lipinski definition) is 1. The van der Waals surface area contributed by atoms with Crippen LogP contribution in [0.15, 0.2) is 54.6 Å². The molecule has 0 aliphatic heterocycles. The molecule has 1 N–H and O–H groups in total. The van der Waals surface area contributed by atoms with Gasteiger partial charge in [0, 0.05) is 5.69 Å². The maximum absolute atomic E-state index is 13.7. The van der Waals surface area contributed by atoms with Gasteiger partial charge in [-0.15, -0.1) is 0 Å². The van der Waals surface area contributed by atoms with Crippen molar-refractivity contribution in [3.8, 4) is 0 Å². The highest BCUT2D eigenvalue weighted by molar-refractivity contribution is 7.54. The van der Waals surface area contributed by atoms with Gasteiger partial charge in [-0.05, 0) is 51.0 Å².